The maximum Gasteiger partial charge on any atom is 0.137 e. The third-order valence-electron chi connectivity index (χ3n) is 5.44. The zero-order valence-electron chi connectivity index (χ0n) is 15.4. The van der Waals surface area contributed by atoms with Crippen molar-refractivity contribution >= 4 is 46.6 Å². The Balaban J connectivity index is 1.67. The summed E-state index contributed by atoms with van der Waals surface area (Å²) in [7, 11) is 0. The fourth-order valence-corrected chi connectivity index (χ4v) is 6.14. The van der Waals surface area contributed by atoms with Gasteiger partial charge >= 0.3 is 0 Å². The molecule has 2 aliphatic heterocycles. The summed E-state index contributed by atoms with van der Waals surface area (Å²) < 4.78 is 6.44. The minimum atomic E-state index is 0.216. The predicted molar refractivity (Wildman–Crippen MR) is 122 cm³/mol. The number of rotatable bonds is 3. The number of hydrogen-bond acceptors (Lipinski definition) is 3. The Hall–Kier alpha value is -1.36. The SMILES string of the molecule is Clc1cc(Cl)c(-c2cc(Sc3ccccc3)c3c(c2)[C@@H]2CNCC[C@@H]2O3)c(Cl)c1. The molecule has 0 unspecified atom stereocenters. The highest BCUT2D eigenvalue weighted by Gasteiger charge is 2.38. The second-order valence-electron chi connectivity index (χ2n) is 7.31. The normalized spacial score (nSPS) is 20.1. The van der Waals surface area contributed by atoms with Crippen LogP contribution in [-0.4, -0.2) is 19.2 Å². The van der Waals surface area contributed by atoms with Crippen LogP contribution in [0.4, 0.5) is 0 Å². The lowest BCUT2D eigenvalue weighted by Crippen LogP contribution is -2.37. The van der Waals surface area contributed by atoms with Gasteiger partial charge < -0.3 is 10.1 Å². The zero-order valence-corrected chi connectivity index (χ0v) is 18.5. The standard InChI is InChI=1S/C23H18Cl3NOS/c24-14-10-18(25)22(19(26)11-14)13-8-16-17-12-27-7-6-20(17)28-23(16)21(9-13)29-15-4-2-1-3-5-15/h1-5,8-11,17,20,27H,6-7,12H2/t17-,20-/m0/s1. The van der Waals surface area contributed by atoms with Crippen LogP contribution in [0.3, 0.4) is 0 Å². The van der Waals surface area contributed by atoms with E-state index in [4.69, 9.17) is 39.5 Å². The van der Waals surface area contributed by atoms with Crippen molar-refractivity contribution in [1.29, 1.82) is 0 Å². The van der Waals surface area contributed by atoms with E-state index in [0.717, 1.165) is 46.2 Å². The zero-order chi connectivity index (χ0) is 20.0. The summed E-state index contributed by atoms with van der Waals surface area (Å²) in [5.74, 6) is 1.32. The Kier molecular flexibility index (Phi) is 5.44. The van der Waals surface area contributed by atoms with Crippen LogP contribution in [0.15, 0.2) is 64.4 Å². The lowest BCUT2D eigenvalue weighted by molar-refractivity contribution is 0.169. The van der Waals surface area contributed by atoms with Crippen molar-refractivity contribution in [1.82, 2.24) is 5.32 Å². The van der Waals surface area contributed by atoms with E-state index >= 15 is 0 Å². The van der Waals surface area contributed by atoms with Crippen molar-refractivity contribution in [3.63, 3.8) is 0 Å². The molecule has 0 amide bonds. The number of nitrogens with one attached hydrogen (secondary N) is 1. The van der Waals surface area contributed by atoms with E-state index in [1.807, 2.05) is 18.2 Å². The van der Waals surface area contributed by atoms with Crippen LogP contribution in [0, 0.1) is 0 Å². The van der Waals surface area contributed by atoms with E-state index in [9.17, 15) is 0 Å². The van der Waals surface area contributed by atoms with Crippen LogP contribution in [-0.2, 0) is 0 Å². The van der Waals surface area contributed by atoms with Crippen LogP contribution in [0.5, 0.6) is 5.75 Å². The Labute approximate surface area is 189 Å². The summed E-state index contributed by atoms with van der Waals surface area (Å²) in [6.45, 7) is 1.90. The molecule has 2 atom stereocenters. The van der Waals surface area contributed by atoms with Crippen molar-refractivity contribution in [3.8, 4) is 16.9 Å². The molecule has 3 aromatic rings. The van der Waals surface area contributed by atoms with Gasteiger partial charge in [0.15, 0.2) is 0 Å². The van der Waals surface area contributed by atoms with Gasteiger partial charge in [0.1, 0.15) is 11.9 Å². The van der Waals surface area contributed by atoms with Gasteiger partial charge in [0.05, 0.1) is 14.9 Å². The first kappa shape index (κ1) is 19.6. The molecule has 6 heteroatoms. The Bertz CT molecular complexity index is 1050. The van der Waals surface area contributed by atoms with Crippen LogP contribution < -0.4 is 10.1 Å². The molecule has 0 spiro atoms. The largest absolute Gasteiger partial charge is 0.488 e. The molecule has 29 heavy (non-hydrogen) atoms. The summed E-state index contributed by atoms with van der Waals surface area (Å²) in [6, 6.07) is 18.1. The van der Waals surface area contributed by atoms with Crippen molar-refractivity contribution in [3.05, 3.63) is 75.2 Å². The second-order valence-corrected chi connectivity index (χ2v) is 9.67. The van der Waals surface area contributed by atoms with Crippen molar-refractivity contribution in [2.75, 3.05) is 13.1 Å². The Morgan fingerprint density at radius 1 is 0.966 bits per heavy atom. The van der Waals surface area contributed by atoms with Gasteiger partial charge in [-0.3, -0.25) is 0 Å². The molecule has 2 heterocycles. The van der Waals surface area contributed by atoms with Gasteiger partial charge in [-0.1, -0.05) is 64.8 Å². The molecule has 0 saturated carbocycles. The lowest BCUT2D eigenvalue weighted by Gasteiger charge is -2.25. The third kappa shape index (κ3) is 3.75. The highest BCUT2D eigenvalue weighted by molar-refractivity contribution is 7.99. The Morgan fingerprint density at radius 3 is 2.48 bits per heavy atom. The summed E-state index contributed by atoms with van der Waals surface area (Å²) in [6.07, 6.45) is 1.22. The summed E-state index contributed by atoms with van der Waals surface area (Å²) in [4.78, 5) is 2.25. The smallest absolute Gasteiger partial charge is 0.137 e. The number of piperidine rings is 1. The fourth-order valence-electron chi connectivity index (χ4n) is 4.12. The Morgan fingerprint density at radius 2 is 1.72 bits per heavy atom. The first-order valence-corrected chi connectivity index (χ1v) is 11.5. The minimum absolute atomic E-state index is 0.216. The van der Waals surface area contributed by atoms with Crippen LogP contribution in [0.1, 0.15) is 17.9 Å². The van der Waals surface area contributed by atoms with E-state index < -0.39 is 0 Å². The molecule has 0 aliphatic carbocycles. The molecule has 0 bridgehead atoms. The van der Waals surface area contributed by atoms with E-state index in [-0.39, 0.29) is 6.10 Å². The third-order valence-corrected chi connectivity index (χ3v) is 7.28. The van der Waals surface area contributed by atoms with E-state index in [1.54, 1.807) is 23.9 Å². The highest BCUT2D eigenvalue weighted by atomic mass is 35.5. The molecule has 5 rings (SSSR count). The van der Waals surface area contributed by atoms with Gasteiger partial charge in [-0.2, -0.15) is 0 Å². The molecule has 0 radical (unpaired) electrons. The van der Waals surface area contributed by atoms with Gasteiger partial charge in [0.2, 0.25) is 0 Å². The topological polar surface area (TPSA) is 21.3 Å². The maximum absolute atomic E-state index is 6.55. The molecule has 3 aromatic carbocycles. The summed E-state index contributed by atoms with van der Waals surface area (Å²) in [5, 5.41) is 5.13. The highest BCUT2D eigenvalue weighted by Crippen LogP contribution is 2.50. The van der Waals surface area contributed by atoms with Gasteiger partial charge in [-0.15, -0.1) is 0 Å². The number of hydrogen-bond donors (Lipinski definition) is 1. The molecule has 0 aromatic heterocycles. The van der Waals surface area contributed by atoms with Crippen molar-refractivity contribution in [2.24, 2.45) is 0 Å². The first-order chi connectivity index (χ1) is 14.1. The van der Waals surface area contributed by atoms with E-state index in [0.29, 0.717) is 21.0 Å². The second kappa shape index (κ2) is 8.05. The molecule has 1 fully saturated rings. The maximum atomic E-state index is 6.55. The summed E-state index contributed by atoms with van der Waals surface area (Å²) >= 11 is 20.9. The molecule has 2 nitrogen and oxygen atoms in total. The van der Waals surface area contributed by atoms with Gasteiger partial charge in [0.25, 0.3) is 0 Å². The van der Waals surface area contributed by atoms with Gasteiger partial charge in [0, 0.05) is 33.5 Å². The first-order valence-electron chi connectivity index (χ1n) is 9.53. The fraction of sp³-hybridized carbons (Fsp3) is 0.217. The van der Waals surface area contributed by atoms with Crippen molar-refractivity contribution in [2.45, 2.75) is 28.2 Å². The molecular formula is C23H18Cl3NOS. The van der Waals surface area contributed by atoms with Crippen LogP contribution >= 0.6 is 46.6 Å². The average molecular weight is 463 g/mol. The quantitative estimate of drug-likeness (QED) is 0.441. The van der Waals surface area contributed by atoms with E-state index in [1.165, 1.54) is 5.56 Å². The predicted octanol–water partition coefficient (Wildman–Crippen LogP) is 7.30. The number of fused-ring (bicyclic) bond motifs is 3. The average Bonchev–Trinajstić information content (AvgIpc) is 3.07. The minimum Gasteiger partial charge on any atom is -0.488 e. The van der Waals surface area contributed by atoms with Crippen molar-refractivity contribution < 1.29 is 4.74 Å². The van der Waals surface area contributed by atoms with Crippen LogP contribution in [0.2, 0.25) is 15.1 Å². The molecular weight excluding hydrogens is 445 g/mol. The monoisotopic (exact) mass is 461 g/mol. The molecule has 1 N–H and O–H groups in total. The molecule has 2 aliphatic rings. The van der Waals surface area contributed by atoms with Gasteiger partial charge in [-0.05, 0) is 54.9 Å². The molecule has 148 valence electrons. The number of halogens is 3. The lowest BCUT2D eigenvalue weighted by atomic mass is 9.89. The van der Waals surface area contributed by atoms with E-state index in [2.05, 4.69) is 29.6 Å². The molecule has 1 saturated heterocycles. The number of benzene rings is 3. The number of ether oxygens (including phenoxy) is 1. The van der Waals surface area contributed by atoms with Crippen LogP contribution in [0.25, 0.3) is 11.1 Å². The van der Waals surface area contributed by atoms with Gasteiger partial charge in [-0.25, -0.2) is 0 Å². The summed E-state index contributed by atoms with van der Waals surface area (Å²) in [5.41, 5.74) is 3.02.